The van der Waals surface area contributed by atoms with Crippen molar-refractivity contribution >= 4 is 33.2 Å². The van der Waals surface area contributed by atoms with Gasteiger partial charge in [-0.05, 0) is 40.9 Å². The second-order valence-electron chi connectivity index (χ2n) is 5.22. The van der Waals surface area contributed by atoms with Gasteiger partial charge in [-0.15, -0.1) is 11.3 Å². The Morgan fingerprint density at radius 3 is 2.87 bits per heavy atom. The maximum absolute atomic E-state index is 12.1. The molecule has 124 valence electrons. The minimum atomic E-state index is 0.117. The van der Waals surface area contributed by atoms with Gasteiger partial charge in [0.15, 0.2) is 0 Å². The summed E-state index contributed by atoms with van der Waals surface area (Å²) in [6.07, 6.45) is 2.11. The summed E-state index contributed by atoms with van der Waals surface area (Å²) in [7, 11) is 1.82. The molecule has 0 radical (unpaired) electrons. The largest absolute Gasteiger partial charge is 0.492 e. The lowest BCUT2D eigenvalue weighted by atomic mass is 10.3. The molecule has 0 fully saturated rings. The van der Waals surface area contributed by atoms with E-state index in [1.807, 2.05) is 36.7 Å². The van der Waals surface area contributed by atoms with Crippen molar-refractivity contribution in [2.75, 3.05) is 13.7 Å². The topological polar surface area (TPSA) is 42.4 Å². The van der Waals surface area contributed by atoms with Crippen molar-refractivity contribution in [1.82, 2.24) is 9.88 Å². The van der Waals surface area contributed by atoms with Crippen LogP contribution in [0.5, 0.6) is 5.75 Å². The van der Waals surface area contributed by atoms with E-state index in [0.717, 1.165) is 27.3 Å². The van der Waals surface area contributed by atoms with E-state index in [1.54, 1.807) is 16.2 Å². The van der Waals surface area contributed by atoms with Crippen LogP contribution in [-0.2, 0) is 17.8 Å². The average Bonchev–Trinajstić information content (AvgIpc) is 3.00. The Balaban J connectivity index is 1.70. The van der Waals surface area contributed by atoms with Gasteiger partial charge in [0, 0.05) is 18.8 Å². The molecule has 0 saturated carbocycles. The third-order valence-corrected chi connectivity index (χ3v) is 5.05. The average molecular weight is 397 g/mol. The summed E-state index contributed by atoms with van der Waals surface area (Å²) >= 11 is 5.09. The highest BCUT2D eigenvalue weighted by atomic mass is 79.9. The molecule has 0 aliphatic carbocycles. The van der Waals surface area contributed by atoms with Crippen LogP contribution in [-0.4, -0.2) is 29.4 Å². The van der Waals surface area contributed by atoms with Crippen molar-refractivity contribution in [2.24, 2.45) is 0 Å². The number of ether oxygens (including phenoxy) is 1. The number of hydrogen-bond donors (Lipinski definition) is 0. The number of amides is 1. The van der Waals surface area contributed by atoms with Crippen LogP contribution in [0.4, 0.5) is 0 Å². The molecule has 1 heterocycles. The van der Waals surface area contributed by atoms with Gasteiger partial charge < -0.3 is 9.64 Å². The van der Waals surface area contributed by atoms with Crippen LogP contribution in [0.2, 0.25) is 0 Å². The van der Waals surface area contributed by atoms with Crippen molar-refractivity contribution in [2.45, 2.75) is 32.7 Å². The Hall–Kier alpha value is -1.40. The molecule has 0 bridgehead atoms. The van der Waals surface area contributed by atoms with Crippen molar-refractivity contribution in [3.63, 3.8) is 0 Å². The molecule has 2 rings (SSSR count). The summed E-state index contributed by atoms with van der Waals surface area (Å²) in [6.45, 7) is 3.18. The van der Waals surface area contributed by atoms with Crippen LogP contribution in [0.1, 0.15) is 30.5 Å². The number of nitrogens with zero attached hydrogens (tertiary/aromatic N) is 2. The fourth-order valence-corrected chi connectivity index (χ4v) is 3.21. The number of aryl methyl sites for hydroxylation is 1. The zero-order valence-corrected chi connectivity index (χ0v) is 15.8. The highest BCUT2D eigenvalue weighted by Crippen LogP contribution is 2.23. The van der Waals surface area contributed by atoms with Gasteiger partial charge in [0.1, 0.15) is 5.75 Å². The molecule has 1 amide bonds. The highest BCUT2D eigenvalue weighted by Gasteiger charge is 2.11. The van der Waals surface area contributed by atoms with Crippen molar-refractivity contribution < 1.29 is 9.53 Å². The van der Waals surface area contributed by atoms with Gasteiger partial charge in [0.25, 0.3) is 0 Å². The minimum Gasteiger partial charge on any atom is -0.492 e. The predicted molar refractivity (Wildman–Crippen MR) is 96.8 cm³/mol. The molecule has 23 heavy (non-hydrogen) atoms. The quantitative estimate of drug-likeness (QED) is 0.625. The molecule has 4 nitrogen and oxygen atoms in total. The van der Waals surface area contributed by atoms with Crippen molar-refractivity contribution in [3.8, 4) is 5.75 Å². The predicted octanol–water partition coefficient (Wildman–Crippen LogP) is 4.29. The zero-order chi connectivity index (χ0) is 16.7. The summed E-state index contributed by atoms with van der Waals surface area (Å²) in [5, 5.41) is 3.14. The fourth-order valence-electron chi connectivity index (χ4n) is 2.07. The van der Waals surface area contributed by atoms with Gasteiger partial charge >= 0.3 is 0 Å². The van der Waals surface area contributed by atoms with E-state index in [9.17, 15) is 4.79 Å². The molecular formula is C17H21BrN2O2S. The summed E-state index contributed by atoms with van der Waals surface area (Å²) < 4.78 is 6.60. The van der Waals surface area contributed by atoms with E-state index < -0.39 is 0 Å². The second kappa shape index (κ2) is 9.03. The van der Waals surface area contributed by atoms with E-state index in [0.29, 0.717) is 26.0 Å². The zero-order valence-electron chi connectivity index (χ0n) is 13.4. The fraction of sp³-hybridized carbons (Fsp3) is 0.412. The Labute approximate surface area is 149 Å². The van der Waals surface area contributed by atoms with Crippen LogP contribution in [0.3, 0.4) is 0 Å². The van der Waals surface area contributed by atoms with Crippen LogP contribution >= 0.6 is 27.3 Å². The minimum absolute atomic E-state index is 0.117. The number of rotatable bonds is 8. The highest BCUT2D eigenvalue weighted by molar-refractivity contribution is 9.10. The number of carbonyl (C=O) groups is 1. The number of hydrogen-bond acceptors (Lipinski definition) is 4. The van der Waals surface area contributed by atoms with Crippen molar-refractivity contribution in [1.29, 1.82) is 0 Å². The summed E-state index contributed by atoms with van der Waals surface area (Å²) in [6, 6.07) is 7.72. The first-order chi connectivity index (χ1) is 11.1. The molecule has 0 unspecified atom stereocenters. The van der Waals surface area contributed by atoms with Crippen LogP contribution < -0.4 is 4.74 Å². The van der Waals surface area contributed by atoms with E-state index in [4.69, 9.17) is 4.74 Å². The molecular weight excluding hydrogens is 376 g/mol. The molecule has 0 atom stereocenters. The first kappa shape index (κ1) is 17.9. The standard InChI is InChI=1S/C17H21BrN2O2S/c1-3-16-19-13(12-23-16)11-20(2)17(21)9-6-10-22-15-8-5-4-7-14(15)18/h4-5,7-8,12H,3,6,9-11H2,1-2H3. The molecule has 0 spiro atoms. The van der Waals surface area contributed by atoms with Gasteiger partial charge in [0.2, 0.25) is 5.91 Å². The number of carbonyl (C=O) groups excluding carboxylic acids is 1. The molecule has 1 aromatic heterocycles. The Morgan fingerprint density at radius 1 is 1.39 bits per heavy atom. The molecule has 2 aromatic rings. The monoisotopic (exact) mass is 396 g/mol. The smallest absolute Gasteiger partial charge is 0.222 e. The molecule has 1 aromatic carbocycles. The van der Waals surface area contributed by atoms with E-state index in [2.05, 4.69) is 27.8 Å². The molecule has 0 saturated heterocycles. The number of aromatic nitrogens is 1. The normalized spacial score (nSPS) is 10.6. The maximum Gasteiger partial charge on any atom is 0.222 e. The van der Waals surface area contributed by atoms with E-state index in [-0.39, 0.29) is 5.91 Å². The van der Waals surface area contributed by atoms with Crippen LogP contribution in [0.25, 0.3) is 0 Å². The third kappa shape index (κ3) is 5.62. The van der Waals surface area contributed by atoms with E-state index in [1.165, 1.54) is 0 Å². The number of para-hydroxylation sites is 1. The Kier molecular flexibility index (Phi) is 7.05. The third-order valence-electron chi connectivity index (χ3n) is 3.36. The lowest BCUT2D eigenvalue weighted by Gasteiger charge is -2.16. The molecule has 0 aliphatic heterocycles. The number of thiazole rings is 1. The molecule has 0 N–H and O–H groups in total. The molecule has 0 aliphatic rings. The lowest BCUT2D eigenvalue weighted by molar-refractivity contribution is -0.130. The Bertz CT molecular complexity index is 645. The lowest BCUT2D eigenvalue weighted by Crippen LogP contribution is -2.26. The van der Waals surface area contributed by atoms with Crippen LogP contribution in [0, 0.1) is 0 Å². The maximum atomic E-state index is 12.1. The summed E-state index contributed by atoms with van der Waals surface area (Å²) in [5.41, 5.74) is 0.965. The van der Waals surface area contributed by atoms with Gasteiger partial charge in [-0.25, -0.2) is 4.98 Å². The van der Waals surface area contributed by atoms with Gasteiger partial charge in [-0.1, -0.05) is 19.1 Å². The first-order valence-corrected chi connectivity index (χ1v) is 9.32. The first-order valence-electron chi connectivity index (χ1n) is 7.64. The van der Waals surface area contributed by atoms with Gasteiger partial charge in [-0.2, -0.15) is 0 Å². The van der Waals surface area contributed by atoms with Crippen molar-refractivity contribution in [3.05, 3.63) is 44.8 Å². The second-order valence-corrected chi connectivity index (χ2v) is 7.02. The van der Waals surface area contributed by atoms with Gasteiger partial charge in [0.05, 0.1) is 28.3 Å². The molecule has 6 heteroatoms. The summed E-state index contributed by atoms with van der Waals surface area (Å²) in [5.74, 6) is 0.926. The summed E-state index contributed by atoms with van der Waals surface area (Å²) in [4.78, 5) is 18.4. The number of benzene rings is 1. The number of halogens is 1. The van der Waals surface area contributed by atoms with E-state index >= 15 is 0 Å². The van der Waals surface area contributed by atoms with Crippen LogP contribution in [0.15, 0.2) is 34.1 Å². The SMILES string of the molecule is CCc1nc(CN(C)C(=O)CCCOc2ccccc2Br)cs1. The Morgan fingerprint density at radius 2 is 2.17 bits per heavy atom. The van der Waals surface area contributed by atoms with Gasteiger partial charge in [-0.3, -0.25) is 4.79 Å².